The normalized spacial score (nSPS) is 18.9. The summed E-state index contributed by atoms with van der Waals surface area (Å²) >= 11 is 0. The molecule has 1 unspecified atom stereocenters. The van der Waals surface area contributed by atoms with E-state index in [1.807, 2.05) is 0 Å². The van der Waals surface area contributed by atoms with Gasteiger partial charge in [-0.25, -0.2) is 9.18 Å². The molecule has 1 fully saturated rings. The van der Waals surface area contributed by atoms with Crippen molar-refractivity contribution in [2.75, 3.05) is 25.5 Å². The average molecular weight is 266 g/mol. The summed E-state index contributed by atoms with van der Waals surface area (Å²) in [6, 6.07) is 4.39. The number of halogens is 1. The van der Waals surface area contributed by atoms with Crippen LogP contribution in [-0.4, -0.2) is 32.2 Å². The molecule has 0 aliphatic carbocycles. The average Bonchev–Trinajstić information content (AvgIpc) is 2.45. The number of carbonyl (C=O) groups is 1. The van der Waals surface area contributed by atoms with Crippen molar-refractivity contribution >= 4 is 11.7 Å². The minimum atomic E-state index is -0.459. The van der Waals surface area contributed by atoms with Crippen LogP contribution in [0.4, 0.5) is 10.1 Å². The number of benzene rings is 1. The van der Waals surface area contributed by atoms with E-state index in [-0.39, 0.29) is 5.82 Å². The van der Waals surface area contributed by atoms with Gasteiger partial charge in [-0.2, -0.15) is 0 Å². The molecule has 0 spiro atoms. The van der Waals surface area contributed by atoms with Gasteiger partial charge in [0.25, 0.3) is 0 Å². The van der Waals surface area contributed by atoms with Crippen LogP contribution in [-0.2, 0) is 4.74 Å². The van der Waals surface area contributed by atoms with Crippen LogP contribution in [0.5, 0.6) is 0 Å². The first-order valence-corrected chi connectivity index (χ1v) is 6.56. The molecule has 0 aromatic heterocycles. The van der Waals surface area contributed by atoms with E-state index in [1.165, 1.54) is 38.2 Å². The molecule has 2 rings (SSSR count). The van der Waals surface area contributed by atoms with Crippen LogP contribution in [0.2, 0.25) is 0 Å². The smallest absolute Gasteiger partial charge is 0.339 e. The van der Waals surface area contributed by atoms with Crippen molar-refractivity contribution < 1.29 is 13.9 Å². The topological polar surface area (TPSA) is 50.4 Å². The Morgan fingerprint density at radius 2 is 2.37 bits per heavy atom. The second-order valence-electron chi connectivity index (χ2n) is 4.71. The number of nitrogens with one attached hydrogen (secondary N) is 2. The van der Waals surface area contributed by atoms with E-state index in [0.29, 0.717) is 23.8 Å². The summed E-state index contributed by atoms with van der Waals surface area (Å²) in [5.74, 6) is -0.828. The number of hydrogen-bond acceptors (Lipinski definition) is 4. The summed E-state index contributed by atoms with van der Waals surface area (Å²) in [5.41, 5.74) is 0.846. The van der Waals surface area contributed by atoms with Crippen molar-refractivity contribution in [2.24, 2.45) is 0 Å². The zero-order chi connectivity index (χ0) is 13.7. The molecular formula is C14H19FN2O2. The SMILES string of the molecule is COC(=O)c1ccc(F)cc1NCC1CCCCN1. The number of esters is 1. The van der Waals surface area contributed by atoms with Gasteiger partial charge in [-0.15, -0.1) is 0 Å². The van der Waals surface area contributed by atoms with Crippen LogP contribution in [0.15, 0.2) is 18.2 Å². The third-order valence-electron chi connectivity index (χ3n) is 3.34. The Bertz CT molecular complexity index is 445. The molecule has 1 aromatic rings. The number of carbonyl (C=O) groups excluding carboxylic acids is 1. The quantitative estimate of drug-likeness (QED) is 0.820. The molecule has 1 atom stereocenters. The predicted octanol–water partition coefficient (Wildman–Crippen LogP) is 2.17. The number of anilines is 1. The van der Waals surface area contributed by atoms with Gasteiger partial charge in [-0.3, -0.25) is 0 Å². The highest BCUT2D eigenvalue weighted by molar-refractivity contribution is 5.95. The molecule has 19 heavy (non-hydrogen) atoms. The first-order chi connectivity index (χ1) is 9.20. The molecule has 1 aliphatic rings. The Balaban J connectivity index is 2.05. The fraction of sp³-hybridized carbons (Fsp3) is 0.500. The number of hydrogen-bond donors (Lipinski definition) is 2. The fourth-order valence-corrected chi connectivity index (χ4v) is 2.28. The molecule has 0 saturated carbocycles. The first kappa shape index (κ1) is 13.8. The van der Waals surface area contributed by atoms with E-state index in [2.05, 4.69) is 10.6 Å². The highest BCUT2D eigenvalue weighted by Crippen LogP contribution is 2.19. The van der Waals surface area contributed by atoms with E-state index >= 15 is 0 Å². The Morgan fingerprint density at radius 1 is 1.53 bits per heavy atom. The standard InChI is InChI=1S/C14H19FN2O2/c1-19-14(18)12-6-5-10(15)8-13(12)17-9-11-4-2-3-7-16-11/h5-6,8,11,16-17H,2-4,7,9H2,1H3. The number of rotatable bonds is 4. The molecule has 1 saturated heterocycles. The summed E-state index contributed by atoms with van der Waals surface area (Å²) in [4.78, 5) is 11.6. The Morgan fingerprint density at radius 3 is 3.05 bits per heavy atom. The third-order valence-corrected chi connectivity index (χ3v) is 3.34. The van der Waals surface area contributed by atoms with Crippen molar-refractivity contribution in [3.8, 4) is 0 Å². The Labute approximate surface area is 112 Å². The molecule has 1 aromatic carbocycles. The van der Waals surface area contributed by atoms with Gasteiger partial charge in [-0.1, -0.05) is 6.42 Å². The van der Waals surface area contributed by atoms with Gasteiger partial charge in [0.05, 0.1) is 18.4 Å². The third kappa shape index (κ3) is 3.67. The molecule has 0 radical (unpaired) electrons. The highest BCUT2D eigenvalue weighted by Gasteiger charge is 2.16. The van der Waals surface area contributed by atoms with Gasteiger partial charge < -0.3 is 15.4 Å². The second-order valence-corrected chi connectivity index (χ2v) is 4.71. The molecular weight excluding hydrogens is 247 g/mol. The number of piperidine rings is 1. The van der Waals surface area contributed by atoms with E-state index in [4.69, 9.17) is 4.74 Å². The molecule has 1 aliphatic heterocycles. The van der Waals surface area contributed by atoms with Gasteiger partial charge in [0, 0.05) is 12.6 Å². The summed E-state index contributed by atoms with van der Waals surface area (Å²) in [6.07, 6.45) is 3.49. The minimum Gasteiger partial charge on any atom is -0.465 e. The maximum absolute atomic E-state index is 13.3. The lowest BCUT2D eigenvalue weighted by Gasteiger charge is -2.24. The van der Waals surface area contributed by atoms with E-state index < -0.39 is 5.97 Å². The summed E-state index contributed by atoms with van der Waals surface area (Å²) < 4.78 is 18.0. The molecule has 104 valence electrons. The maximum Gasteiger partial charge on any atom is 0.339 e. The zero-order valence-corrected chi connectivity index (χ0v) is 11.0. The van der Waals surface area contributed by atoms with E-state index in [0.717, 1.165) is 13.0 Å². The van der Waals surface area contributed by atoms with Crippen LogP contribution in [0, 0.1) is 5.82 Å². The molecule has 2 N–H and O–H groups in total. The molecule has 5 heteroatoms. The largest absolute Gasteiger partial charge is 0.465 e. The summed E-state index contributed by atoms with van der Waals surface area (Å²) in [6.45, 7) is 1.69. The monoisotopic (exact) mass is 266 g/mol. The minimum absolute atomic E-state index is 0.361. The van der Waals surface area contributed by atoms with Crippen molar-refractivity contribution in [3.63, 3.8) is 0 Å². The van der Waals surface area contributed by atoms with Crippen LogP contribution in [0.1, 0.15) is 29.6 Å². The van der Waals surface area contributed by atoms with Crippen molar-refractivity contribution in [3.05, 3.63) is 29.6 Å². The highest BCUT2D eigenvalue weighted by atomic mass is 19.1. The lowest BCUT2D eigenvalue weighted by molar-refractivity contribution is 0.0601. The molecule has 0 bridgehead atoms. The zero-order valence-electron chi connectivity index (χ0n) is 11.0. The number of ether oxygens (including phenoxy) is 1. The van der Waals surface area contributed by atoms with Crippen LogP contribution in [0.25, 0.3) is 0 Å². The van der Waals surface area contributed by atoms with Crippen molar-refractivity contribution in [1.29, 1.82) is 0 Å². The lowest BCUT2D eigenvalue weighted by Crippen LogP contribution is -2.39. The summed E-state index contributed by atoms with van der Waals surface area (Å²) in [7, 11) is 1.32. The van der Waals surface area contributed by atoms with Crippen LogP contribution < -0.4 is 10.6 Å². The predicted molar refractivity (Wildman–Crippen MR) is 71.9 cm³/mol. The van der Waals surface area contributed by atoms with Crippen LogP contribution >= 0.6 is 0 Å². The van der Waals surface area contributed by atoms with Gasteiger partial charge >= 0.3 is 5.97 Å². The first-order valence-electron chi connectivity index (χ1n) is 6.56. The molecule has 4 nitrogen and oxygen atoms in total. The van der Waals surface area contributed by atoms with E-state index in [9.17, 15) is 9.18 Å². The van der Waals surface area contributed by atoms with Gasteiger partial charge in [0.1, 0.15) is 5.82 Å². The van der Waals surface area contributed by atoms with Gasteiger partial charge in [0.2, 0.25) is 0 Å². The van der Waals surface area contributed by atoms with Crippen molar-refractivity contribution in [1.82, 2.24) is 5.32 Å². The Kier molecular flexibility index (Phi) is 4.74. The maximum atomic E-state index is 13.3. The number of methoxy groups -OCH3 is 1. The van der Waals surface area contributed by atoms with Gasteiger partial charge in [-0.05, 0) is 37.6 Å². The van der Waals surface area contributed by atoms with Crippen LogP contribution in [0.3, 0.4) is 0 Å². The van der Waals surface area contributed by atoms with E-state index in [1.54, 1.807) is 0 Å². The fourth-order valence-electron chi connectivity index (χ4n) is 2.28. The summed E-state index contributed by atoms with van der Waals surface area (Å²) in [5, 5.41) is 6.53. The second kappa shape index (κ2) is 6.52. The Hall–Kier alpha value is -1.62. The lowest BCUT2D eigenvalue weighted by atomic mass is 10.0. The van der Waals surface area contributed by atoms with Crippen molar-refractivity contribution in [2.45, 2.75) is 25.3 Å². The van der Waals surface area contributed by atoms with Gasteiger partial charge in [0.15, 0.2) is 0 Å². The molecule has 1 heterocycles. The molecule has 0 amide bonds.